The summed E-state index contributed by atoms with van der Waals surface area (Å²) in [5.74, 6) is 3.76. The van der Waals surface area contributed by atoms with E-state index < -0.39 is 0 Å². The number of nitrogens with one attached hydrogen (secondary N) is 2. The molecule has 7 nitrogen and oxygen atoms in total. The second-order valence-corrected chi connectivity index (χ2v) is 7.87. The van der Waals surface area contributed by atoms with Gasteiger partial charge in [-0.3, -0.25) is 0 Å². The van der Waals surface area contributed by atoms with Crippen LogP contribution in [0.1, 0.15) is 34.9 Å². The van der Waals surface area contributed by atoms with Crippen LogP contribution in [0.25, 0.3) is 0 Å². The third-order valence-corrected chi connectivity index (χ3v) is 5.88. The second-order valence-electron chi connectivity index (χ2n) is 6.89. The van der Waals surface area contributed by atoms with Crippen LogP contribution in [-0.2, 0) is 20.1 Å². The highest BCUT2D eigenvalue weighted by molar-refractivity contribution is 7.10. The van der Waals surface area contributed by atoms with Crippen molar-refractivity contribution in [2.75, 3.05) is 13.7 Å². The third kappa shape index (κ3) is 5.80. The van der Waals surface area contributed by atoms with Crippen molar-refractivity contribution >= 4 is 17.3 Å². The number of aliphatic imine (C=N–C) groups is 1. The Labute approximate surface area is 175 Å². The molecule has 1 atom stereocenters. The maximum absolute atomic E-state index is 5.22. The van der Waals surface area contributed by atoms with E-state index >= 15 is 0 Å². The zero-order valence-corrected chi connectivity index (χ0v) is 18.2. The van der Waals surface area contributed by atoms with Crippen molar-refractivity contribution in [3.8, 4) is 5.75 Å². The van der Waals surface area contributed by atoms with Gasteiger partial charge in [-0.1, -0.05) is 25.1 Å². The summed E-state index contributed by atoms with van der Waals surface area (Å²) >= 11 is 1.78. The molecule has 8 heteroatoms. The molecule has 0 saturated carbocycles. The van der Waals surface area contributed by atoms with Crippen LogP contribution in [0.15, 0.2) is 46.8 Å². The van der Waals surface area contributed by atoms with Crippen LogP contribution in [0, 0.1) is 6.92 Å². The first kappa shape index (κ1) is 20.9. The Morgan fingerprint density at radius 3 is 2.62 bits per heavy atom. The molecular formula is C21H28N6OS. The van der Waals surface area contributed by atoms with Crippen LogP contribution in [0.3, 0.4) is 0 Å². The first-order valence-electron chi connectivity index (χ1n) is 9.60. The predicted octanol–water partition coefficient (Wildman–Crippen LogP) is 3.23. The fourth-order valence-electron chi connectivity index (χ4n) is 2.77. The number of nitrogens with zero attached hydrogens (tertiary/aromatic N) is 4. The molecule has 3 aromatic rings. The number of guanidine groups is 1. The van der Waals surface area contributed by atoms with Crippen molar-refractivity contribution in [3.05, 3.63) is 63.9 Å². The molecule has 29 heavy (non-hydrogen) atoms. The normalized spacial score (nSPS) is 12.6. The number of methoxy groups -OCH3 is 1. The van der Waals surface area contributed by atoms with Crippen LogP contribution in [-0.4, -0.2) is 34.4 Å². The van der Waals surface area contributed by atoms with Gasteiger partial charge in [0.05, 0.1) is 20.2 Å². The fraction of sp³-hybridized carbons (Fsp3) is 0.381. The van der Waals surface area contributed by atoms with Gasteiger partial charge in [-0.15, -0.1) is 21.5 Å². The van der Waals surface area contributed by atoms with Crippen LogP contribution in [0.2, 0.25) is 0 Å². The minimum absolute atomic E-state index is 0.403. The smallest absolute Gasteiger partial charge is 0.191 e. The van der Waals surface area contributed by atoms with E-state index in [4.69, 9.17) is 9.73 Å². The van der Waals surface area contributed by atoms with Crippen molar-refractivity contribution in [2.24, 2.45) is 12.0 Å². The summed E-state index contributed by atoms with van der Waals surface area (Å²) in [6, 6.07) is 12.2. The summed E-state index contributed by atoms with van der Waals surface area (Å²) in [6.45, 7) is 6.08. The monoisotopic (exact) mass is 412 g/mol. The lowest BCUT2D eigenvalue weighted by molar-refractivity contribution is 0.414. The molecule has 0 aliphatic heterocycles. The van der Waals surface area contributed by atoms with Gasteiger partial charge in [0.1, 0.15) is 11.6 Å². The first-order valence-corrected chi connectivity index (χ1v) is 10.5. The van der Waals surface area contributed by atoms with Gasteiger partial charge in [-0.2, -0.15) is 0 Å². The minimum Gasteiger partial charge on any atom is -0.497 e. The quantitative estimate of drug-likeness (QED) is 0.439. The highest BCUT2D eigenvalue weighted by Gasteiger charge is 2.10. The molecule has 1 aromatic carbocycles. The zero-order valence-electron chi connectivity index (χ0n) is 17.3. The molecule has 0 saturated heterocycles. The molecule has 0 aliphatic carbocycles. The molecule has 0 radical (unpaired) electrons. The average Bonchev–Trinajstić information content (AvgIpc) is 3.39. The highest BCUT2D eigenvalue weighted by Crippen LogP contribution is 2.19. The molecule has 0 spiro atoms. The van der Waals surface area contributed by atoms with E-state index in [-0.39, 0.29) is 0 Å². The number of thiophene rings is 1. The molecule has 0 amide bonds. The standard InChI is InChI=1S/C21H28N6OS/c1-15(19-6-5-11-29-19)12-22-21(24-14-20-26-25-16(2)27(20)3)23-13-17-7-9-18(28-4)10-8-17/h5-11,15H,12-14H2,1-4H3,(H2,22,23,24). The molecule has 2 N–H and O–H groups in total. The van der Waals surface area contributed by atoms with Gasteiger partial charge in [0.25, 0.3) is 0 Å². The topological polar surface area (TPSA) is 76.4 Å². The number of aryl methyl sites for hydroxylation is 1. The van der Waals surface area contributed by atoms with Gasteiger partial charge >= 0.3 is 0 Å². The first-order chi connectivity index (χ1) is 14.1. The summed E-state index contributed by atoms with van der Waals surface area (Å²) < 4.78 is 7.20. The predicted molar refractivity (Wildman–Crippen MR) is 117 cm³/mol. The second kappa shape index (κ2) is 10.1. The minimum atomic E-state index is 0.403. The molecule has 154 valence electrons. The van der Waals surface area contributed by atoms with Crippen molar-refractivity contribution in [2.45, 2.75) is 32.9 Å². The van der Waals surface area contributed by atoms with Gasteiger partial charge in [0, 0.05) is 24.4 Å². The van der Waals surface area contributed by atoms with E-state index in [0.717, 1.165) is 35.5 Å². The molecule has 1 unspecified atom stereocenters. The Morgan fingerprint density at radius 1 is 1.21 bits per heavy atom. The van der Waals surface area contributed by atoms with Crippen LogP contribution in [0.5, 0.6) is 5.75 Å². The van der Waals surface area contributed by atoms with Crippen LogP contribution >= 0.6 is 11.3 Å². The zero-order chi connectivity index (χ0) is 20.6. The van der Waals surface area contributed by atoms with Crippen molar-refractivity contribution in [1.82, 2.24) is 25.4 Å². The molecular weight excluding hydrogens is 384 g/mol. The fourth-order valence-corrected chi connectivity index (χ4v) is 3.55. The maximum atomic E-state index is 5.22. The molecule has 0 aliphatic rings. The third-order valence-electron chi connectivity index (χ3n) is 4.78. The number of benzene rings is 1. The van der Waals surface area contributed by atoms with E-state index in [0.29, 0.717) is 19.0 Å². The van der Waals surface area contributed by atoms with E-state index in [1.807, 2.05) is 42.8 Å². The van der Waals surface area contributed by atoms with Gasteiger partial charge in [0.15, 0.2) is 11.8 Å². The Kier molecular flexibility index (Phi) is 7.24. The molecule has 0 bridgehead atoms. The Balaban J connectivity index is 1.66. The summed E-state index contributed by atoms with van der Waals surface area (Å²) in [6.07, 6.45) is 0. The van der Waals surface area contributed by atoms with E-state index in [2.05, 4.69) is 45.3 Å². The Bertz CT molecular complexity index is 917. The van der Waals surface area contributed by atoms with Gasteiger partial charge in [-0.25, -0.2) is 4.99 Å². The SMILES string of the molecule is COc1ccc(CN=C(NCc2nnc(C)n2C)NCC(C)c2cccs2)cc1. The van der Waals surface area contributed by atoms with Crippen LogP contribution in [0.4, 0.5) is 0 Å². The molecule has 3 rings (SSSR count). The van der Waals surface area contributed by atoms with Crippen molar-refractivity contribution in [3.63, 3.8) is 0 Å². The van der Waals surface area contributed by atoms with Gasteiger partial charge < -0.3 is 19.9 Å². The number of hydrogen-bond donors (Lipinski definition) is 2. The van der Waals surface area contributed by atoms with Gasteiger partial charge in [-0.05, 0) is 36.1 Å². The number of rotatable bonds is 8. The van der Waals surface area contributed by atoms with Gasteiger partial charge in [0.2, 0.25) is 0 Å². The summed E-state index contributed by atoms with van der Waals surface area (Å²) in [7, 11) is 3.63. The van der Waals surface area contributed by atoms with E-state index in [1.54, 1.807) is 18.4 Å². The lowest BCUT2D eigenvalue weighted by Crippen LogP contribution is -2.39. The maximum Gasteiger partial charge on any atom is 0.191 e. The number of ether oxygens (including phenoxy) is 1. The largest absolute Gasteiger partial charge is 0.497 e. The lowest BCUT2D eigenvalue weighted by Gasteiger charge is -2.16. The number of hydrogen-bond acceptors (Lipinski definition) is 5. The Hall–Kier alpha value is -2.87. The highest BCUT2D eigenvalue weighted by atomic mass is 32.1. The molecule has 2 aromatic heterocycles. The van der Waals surface area contributed by atoms with E-state index in [9.17, 15) is 0 Å². The summed E-state index contributed by atoms with van der Waals surface area (Å²) in [5, 5.41) is 17.3. The van der Waals surface area contributed by atoms with Crippen LogP contribution < -0.4 is 15.4 Å². The van der Waals surface area contributed by atoms with Crippen molar-refractivity contribution in [1.29, 1.82) is 0 Å². The summed E-state index contributed by atoms with van der Waals surface area (Å²) in [5.41, 5.74) is 1.12. The molecule has 2 heterocycles. The van der Waals surface area contributed by atoms with E-state index in [1.165, 1.54) is 4.88 Å². The van der Waals surface area contributed by atoms with Crippen molar-refractivity contribution < 1.29 is 4.74 Å². The molecule has 0 fully saturated rings. The number of aromatic nitrogens is 3. The Morgan fingerprint density at radius 2 is 2.00 bits per heavy atom. The summed E-state index contributed by atoms with van der Waals surface area (Å²) in [4.78, 5) is 6.11. The lowest BCUT2D eigenvalue weighted by atomic mass is 10.1. The average molecular weight is 413 g/mol.